The Morgan fingerprint density at radius 1 is 1.19 bits per heavy atom. The highest BCUT2D eigenvalue weighted by molar-refractivity contribution is 7.89. The van der Waals surface area contributed by atoms with Gasteiger partial charge < -0.3 is 9.52 Å². The molecule has 2 heterocycles. The summed E-state index contributed by atoms with van der Waals surface area (Å²) in [6.07, 6.45) is 1.99. The maximum absolute atomic E-state index is 12.7. The first kappa shape index (κ1) is 18.3. The van der Waals surface area contributed by atoms with Gasteiger partial charge in [-0.15, -0.1) is 0 Å². The highest BCUT2D eigenvalue weighted by atomic mass is 32.2. The molecule has 0 amide bonds. The van der Waals surface area contributed by atoms with E-state index in [1.165, 1.54) is 35.5 Å². The van der Waals surface area contributed by atoms with Gasteiger partial charge in [0, 0.05) is 24.6 Å². The second kappa shape index (κ2) is 7.00. The molecule has 26 heavy (non-hydrogen) atoms. The molecule has 0 atom stereocenters. The molecular formula is C17H18N2O6S. The molecule has 1 aromatic heterocycles. The van der Waals surface area contributed by atoms with Gasteiger partial charge in [-0.2, -0.15) is 4.31 Å². The lowest BCUT2D eigenvalue weighted by atomic mass is 9.94. The van der Waals surface area contributed by atoms with Crippen LogP contribution < -0.4 is 0 Å². The van der Waals surface area contributed by atoms with Gasteiger partial charge in [-0.25, -0.2) is 18.2 Å². The lowest BCUT2D eigenvalue weighted by Gasteiger charge is -2.30. The Morgan fingerprint density at radius 3 is 2.35 bits per heavy atom. The fourth-order valence-corrected chi connectivity index (χ4v) is 4.54. The number of sulfonamides is 1. The summed E-state index contributed by atoms with van der Waals surface area (Å²) in [7, 11) is -3.66. The summed E-state index contributed by atoms with van der Waals surface area (Å²) in [5.41, 5.74) is 0.334. The van der Waals surface area contributed by atoms with Crippen LogP contribution >= 0.6 is 0 Å². The first-order chi connectivity index (χ1) is 12.3. The van der Waals surface area contributed by atoms with Crippen molar-refractivity contribution >= 4 is 21.8 Å². The van der Waals surface area contributed by atoms with Crippen molar-refractivity contribution in [3.05, 3.63) is 47.7 Å². The molecule has 2 aromatic rings. The zero-order valence-electron chi connectivity index (χ0n) is 14.1. The number of carboxylic acids is 1. The van der Waals surface area contributed by atoms with Crippen LogP contribution in [0.4, 0.5) is 0 Å². The fraction of sp³-hybridized carbons (Fsp3) is 0.353. The number of aromatic carboxylic acids is 1. The molecular weight excluding hydrogens is 360 g/mol. The van der Waals surface area contributed by atoms with E-state index in [1.54, 1.807) is 0 Å². The van der Waals surface area contributed by atoms with Gasteiger partial charge in [0.2, 0.25) is 10.0 Å². The van der Waals surface area contributed by atoms with E-state index in [9.17, 15) is 18.0 Å². The highest BCUT2D eigenvalue weighted by Gasteiger charge is 2.33. The van der Waals surface area contributed by atoms with Gasteiger partial charge in [-0.3, -0.25) is 4.79 Å². The summed E-state index contributed by atoms with van der Waals surface area (Å²) in [5.74, 6) is -1.18. The minimum atomic E-state index is -3.66. The SMILES string of the molecule is CC(=O)c1ccc(S(=O)(=O)N2CCC(c3ocnc3C(=O)O)CC2)cc1. The molecule has 1 N–H and O–H groups in total. The van der Waals surface area contributed by atoms with E-state index in [0.717, 1.165) is 6.39 Å². The summed E-state index contributed by atoms with van der Waals surface area (Å²) < 4.78 is 32.1. The second-order valence-electron chi connectivity index (χ2n) is 6.13. The van der Waals surface area contributed by atoms with E-state index in [1.807, 2.05) is 0 Å². The number of carbonyl (C=O) groups is 2. The average Bonchev–Trinajstić information content (AvgIpc) is 3.12. The number of Topliss-reactive ketones (excluding diaryl/α,β-unsaturated/α-hetero) is 1. The topological polar surface area (TPSA) is 118 Å². The van der Waals surface area contributed by atoms with Crippen molar-refractivity contribution in [3.8, 4) is 0 Å². The molecule has 1 aromatic carbocycles. The zero-order valence-corrected chi connectivity index (χ0v) is 14.9. The first-order valence-electron chi connectivity index (χ1n) is 8.08. The van der Waals surface area contributed by atoms with E-state index in [0.29, 0.717) is 24.2 Å². The summed E-state index contributed by atoms with van der Waals surface area (Å²) in [5, 5.41) is 9.12. The van der Waals surface area contributed by atoms with Crippen LogP contribution in [0.25, 0.3) is 0 Å². The number of benzene rings is 1. The summed E-state index contributed by atoms with van der Waals surface area (Å²) in [6.45, 7) is 1.92. The van der Waals surface area contributed by atoms with Crippen molar-refractivity contribution in [1.82, 2.24) is 9.29 Å². The number of rotatable bonds is 5. The van der Waals surface area contributed by atoms with Crippen molar-refractivity contribution in [2.24, 2.45) is 0 Å². The lowest BCUT2D eigenvalue weighted by molar-refractivity contribution is 0.0686. The Hall–Kier alpha value is -2.52. The number of oxazole rings is 1. The van der Waals surface area contributed by atoms with Gasteiger partial charge in [-0.05, 0) is 31.9 Å². The van der Waals surface area contributed by atoms with E-state index in [2.05, 4.69) is 4.98 Å². The maximum atomic E-state index is 12.7. The number of carboxylic acid groups (broad SMARTS) is 1. The van der Waals surface area contributed by atoms with Crippen LogP contribution in [0.5, 0.6) is 0 Å². The summed E-state index contributed by atoms with van der Waals surface area (Å²) >= 11 is 0. The van der Waals surface area contributed by atoms with Crippen LogP contribution in [0.1, 0.15) is 52.3 Å². The van der Waals surface area contributed by atoms with Crippen molar-refractivity contribution in [3.63, 3.8) is 0 Å². The normalized spacial score (nSPS) is 16.5. The molecule has 0 aliphatic carbocycles. The maximum Gasteiger partial charge on any atom is 0.358 e. The van der Waals surface area contributed by atoms with Gasteiger partial charge in [0.25, 0.3) is 0 Å². The molecule has 3 rings (SSSR count). The molecule has 138 valence electrons. The molecule has 1 aliphatic rings. The van der Waals surface area contributed by atoms with Gasteiger partial charge in [0.1, 0.15) is 5.76 Å². The van der Waals surface area contributed by atoms with Crippen molar-refractivity contribution in [2.75, 3.05) is 13.1 Å². The predicted octanol–water partition coefficient (Wildman–Crippen LogP) is 2.14. The van der Waals surface area contributed by atoms with Crippen molar-refractivity contribution in [2.45, 2.75) is 30.6 Å². The van der Waals surface area contributed by atoms with Crippen LogP contribution in [-0.2, 0) is 10.0 Å². The Labute approximate surface area is 150 Å². The molecule has 0 saturated carbocycles. The Bertz CT molecular complexity index is 924. The van der Waals surface area contributed by atoms with E-state index < -0.39 is 16.0 Å². The van der Waals surface area contributed by atoms with E-state index in [-0.39, 0.29) is 35.4 Å². The van der Waals surface area contributed by atoms with Crippen LogP contribution in [-0.4, -0.2) is 47.7 Å². The third-order valence-electron chi connectivity index (χ3n) is 4.52. The minimum Gasteiger partial charge on any atom is -0.476 e. The first-order valence-corrected chi connectivity index (χ1v) is 9.52. The summed E-state index contributed by atoms with van der Waals surface area (Å²) in [4.78, 5) is 26.3. The third kappa shape index (κ3) is 3.40. The van der Waals surface area contributed by atoms with Crippen molar-refractivity contribution < 1.29 is 27.5 Å². The van der Waals surface area contributed by atoms with Gasteiger partial charge in [-0.1, -0.05) is 12.1 Å². The lowest BCUT2D eigenvalue weighted by Crippen LogP contribution is -2.38. The standard InChI is InChI=1S/C17H18N2O6S/c1-11(20)12-2-4-14(5-3-12)26(23,24)19-8-6-13(7-9-19)16-15(17(21)22)18-10-25-16/h2-5,10,13H,6-9H2,1H3,(H,21,22). The smallest absolute Gasteiger partial charge is 0.358 e. The summed E-state index contributed by atoms with van der Waals surface area (Å²) in [6, 6.07) is 5.85. The molecule has 1 fully saturated rings. The number of nitrogens with zero attached hydrogens (tertiary/aromatic N) is 2. The van der Waals surface area contributed by atoms with Crippen molar-refractivity contribution in [1.29, 1.82) is 0 Å². The largest absolute Gasteiger partial charge is 0.476 e. The Kier molecular flexibility index (Phi) is 4.92. The quantitative estimate of drug-likeness (QED) is 0.792. The third-order valence-corrected chi connectivity index (χ3v) is 6.43. The van der Waals surface area contributed by atoms with Crippen LogP contribution in [0.3, 0.4) is 0 Å². The highest BCUT2D eigenvalue weighted by Crippen LogP contribution is 2.32. The fourth-order valence-electron chi connectivity index (χ4n) is 3.07. The molecule has 1 saturated heterocycles. The van der Waals surface area contributed by atoms with E-state index in [4.69, 9.17) is 9.52 Å². The Morgan fingerprint density at radius 2 is 1.81 bits per heavy atom. The van der Waals surface area contributed by atoms with Gasteiger partial charge in [0.15, 0.2) is 17.9 Å². The van der Waals surface area contributed by atoms with Crippen LogP contribution in [0.15, 0.2) is 40.0 Å². The molecule has 0 spiro atoms. The number of hydrogen-bond donors (Lipinski definition) is 1. The number of aromatic nitrogens is 1. The second-order valence-corrected chi connectivity index (χ2v) is 8.07. The number of ketones is 1. The molecule has 1 aliphatic heterocycles. The molecule has 0 radical (unpaired) electrons. The predicted molar refractivity (Wildman–Crippen MR) is 90.6 cm³/mol. The Balaban J connectivity index is 1.73. The van der Waals surface area contributed by atoms with Crippen LogP contribution in [0, 0.1) is 0 Å². The van der Waals surface area contributed by atoms with Gasteiger partial charge in [0.05, 0.1) is 4.90 Å². The number of piperidine rings is 1. The zero-order chi connectivity index (χ0) is 18.9. The monoisotopic (exact) mass is 378 g/mol. The minimum absolute atomic E-state index is 0.119. The van der Waals surface area contributed by atoms with Crippen LogP contribution in [0.2, 0.25) is 0 Å². The number of hydrogen-bond acceptors (Lipinski definition) is 6. The average molecular weight is 378 g/mol. The van der Waals surface area contributed by atoms with Gasteiger partial charge >= 0.3 is 5.97 Å². The number of carbonyl (C=O) groups excluding carboxylic acids is 1. The molecule has 0 bridgehead atoms. The molecule has 9 heteroatoms. The van der Waals surface area contributed by atoms with E-state index >= 15 is 0 Å². The molecule has 0 unspecified atom stereocenters. The molecule has 8 nitrogen and oxygen atoms in total.